The van der Waals surface area contributed by atoms with E-state index in [2.05, 4.69) is 0 Å². The van der Waals surface area contributed by atoms with E-state index in [0.717, 1.165) is 16.7 Å². The molecule has 4 rings (SSSR count). The summed E-state index contributed by atoms with van der Waals surface area (Å²) in [6, 6.07) is 12.8. The summed E-state index contributed by atoms with van der Waals surface area (Å²) in [6.45, 7) is 2.28. The maximum Gasteiger partial charge on any atom is 0.390 e. The number of halogens is 3. The maximum atomic E-state index is 12.5. The Morgan fingerprint density at radius 1 is 1.03 bits per heavy atom. The van der Waals surface area contributed by atoms with Crippen LogP contribution in [0.5, 0.6) is 5.88 Å². The Kier molecular flexibility index (Phi) is 5.58. The van der Waals surface area contributed by atoms with E-state index >= 15 is 0 Å². The van der Waals surface area contributed by atoms with Gasteiger partial charge >= 0.3 is 11.9 Å². The highest BCUT2D eigenvalue weighted by atomic mass is 19.4. The van der Waals surface area contributed by atoms with Crippen molar-refractivity contribution in [2.45, 2.75) is 39.2 Å². The van der Waals surface area contributed by atoms with E-state index < -0.39 is 12.6 Å². The molecule has 1 amide bonds. The van der Waals surface area contributed by atoms with Crippen molar-refractivity contribution in [2.75, 3.05) is 6.54 Å². The fraction of sp³-hybridized carbons (Fsp3) is 0.304. The van der Waals surface area contributed by atoms with Gasteiger partial charge in [0, 0.05) is 25.2 Å². The first-order chi connectivity index (χ1) is 15.2. The first kappa shape index (κ1) is 21.7. The number of fused-ring (bicyclic) bond motifs is 1. The summed E-state index contributed by atoms with van der Waals surface area (Å²) < 4.78 is 40.2. The molecule has 0 atom stereocenters. The van der Waals surface area contributed by atoms with Gasteiger partial charge in [-0.2, -0.15) is 13.2 Å². The number of amides is 1. The second-order valence-corrected chi connectivity index (χ2v) is 7.80. The van der Waals surface area contributed by atoms with Gasteiger partial charge in [0.2, 0.25) is 5.88 Å². The van der Waals surface area contributed by atoms with E-state index in [1.54, 1.807) is 19.1 Å². The van der Waals surface area contributed by atoms with E-state index in [1.807, 2.05) is 30.3 Å². The van der Waals surface area contributed by atoms with Gasteiger partial charge in [0.1, 0.15) is 0 Å². The number of carbonyl (C=O) groups is 1. The van der Waals surface area contributed by atoms with Crippen LogP contribution in [-0.4, -0.2) is 37.8 Å². The van der Waals surface area contributed by atoms with Crippen molar-refractivity contribution in [3.63, 3.8) is 0 Å². The van der Waals surface area contributed by atoms with Gasteiger partial charge in [-0.1, -0.05) is 30.3 Å². The van der Waals surface area contributed by atoms with Crippen LogP contribution >= 0.6 is 0 Å². The molecule has 1 aliphatic rings. The molecule has 3 aromatic rings. The summed E-state index contributed by atoms with van der Waals surface area (Å²) in [5.41, 5.74) is 3.48. The standard InChI is InChI=1S/C23H22F3N3O3/c1-2-29-20(30)14-28(22(29)32)12-15-3-5-16(6-4-15)17-7-8-19-18(11-17)13-27(21(19)31)10-9-23(24,25)26/h3-8,11,14,30H,2,9-10,12-13H2,1H3. The number of imidazole rings is 1. The Hall–Kier alpha value is -3.49. The number of aromatic nitrogens is 2. The molecule has 1 aromatic heterocycles. The molecule has 0 saturated heterocycles. The Bertz CT molecular complexity index is 1210. The molecule has 0 spiro atoms. The van der Waals surface area contributed by atoms with Crippen molar-refractivity contribution in [3.05, 3.63) is 75.8 Å². The fourth-order valence-electron chi connectivity index (χ4n) is 3.93. The number of rotatable bonds is 6. The smallest absolute Gasteiger partial charge is 0.390 e. The van der Waals surface area contributed by atoms with Crippen LogP contribution in [0.3, 0.4) is 0 Å². The van der Waals surface area contributed by atoms with Gasteiger partial charge in [-0.15, -0.1) is 0 Å². The molecule has 9 heteroatoms. The van der Waals surface area contributed by atoms with Gasteiger partial charge in [-0.3, -0.25) is 13.9 Å². The van der Waals surface area contributed by atoms with Gasteiger partial charge in [0.15, 0.2) is 0 Å². The van der Waals surface area contributed by atoms with E-state index in [4.69, 9.17) is 0 Å². The largest absolute Gasteiger partial charge is 0.493 e. The number of carbonyl (C=O) groups excluding carboxylic acids is 1. The molecular formula is C23H22F3N3O3. The lowest BCUT2D eigenvalue weighted by Crippen LogP contribution is -2.28. The molecule has 168 valence electrons. The van der Waals surface area contributed by atoms with E-state index in [-0.39, 0.29) is 30.6 Å². The Morgan fingerprint density at radius 3 is 2.34 bits per heavy atom. The third-order valence-electron chi connectivity index (χ3n) is 5.63. The zero-order chi connectivity index (χ0) is 23.0. The highest BCUT2D eigenvalue weighted by Crippen LogP contribution is 2.30. The van der Waals surface area contributed by atoms with E-state index in [0.29, 0.717) is 24.2 Å². The van der Waals surface area contributed by atoms with Crippen molar-refractivity contribution in [3.8, 4) is 17.0 Å². The fourth-order valence-corrected chi connectivity index (χ4v) is 3.93. The molecular weight excluding hydrogens is 423 g/mol. The maximum absolute atomic E-state index is 12.5. The van der Waals surface area contributed by atoms with E-state index in [9.17, 15) is 27.9 Å². The molecule has 0 unspecified atom stereocenters. The average molecular weight is 445 g/mol. The Balaban J connectivity index is 1.49. The number of benzene rings is 2. The molecule has 0 saturated carbocycles. The molecule has 0 radical (unpaired) electrons. The highest BCUT2D eigenvalue weighted by molar-refractivity contribution is 5.99. The second-order valence-electron chi connectivity index (χ2n) is 7.80. The van der Waals surface area contributed by atoms with Crippen LogP contribution in [0.4, 0.5) is 13.2 Å². The summed E-state index contributed by atoms with van der Waals surface area (Å²) in [6.07, 6.45) is -3.92. The van der Waals surface area contributed by atoms with Crippen molar-refractivity contribution >= 4 is 5.91 Å². The number of aromatic hydroxyl groups is 1. The lowest BCUT2D eigenvalue weighted by molar-refractivity contribution is -0.136. The van der Waals surface area contributed by atoms with Gasteiger partial charge in [0.05, 0.1) is 19.2 Å². The molecule has 2 heterocycles. The Labute approximate surface area is 182 Å². The Morgan fingerprint density at radius 2 is 1.72 bits per heavy atom. The summed E-state index contributed by atoms with van der Waals surface area (Å²) in [7, 11) is 0. The summed E-state index contributed by atoms with van der Waals surface area (Å²) >= 11 is 0. The van der Waals surface area contributed by atoms with Gasteiger partial charge in [-0.05, 0) is 41.3 Å². The lowest BCUT2D eigenvalue weighted by atomic mass is 9.99. The normalized spacial score (nSPS) is 13.6. The van der Waals surface area contributed by atoms with Crippen molar-refractivity contribution < 1.29 is 23.1 Å². The van der Waals surface area contributed by atoms with Crippen molar-refractivity contribution in [2.24, 2.45) is 0 Å². The van der Waals surface area contributed by atoms with Crippen LogP contribution in [0.2, 0.25) is 0 Å². The molecule has 0 aliphatic carbocycles. The predicted molar refractivity (Wildman–Crippen MR) is 112 cm³/mol. The highest BCUT2D eigenvalue weighted by Gasteiger charge is 2.33. The molecule has 1 N–H and O–H groups in total. The number of alkyl halides is 3. The molecule has 32 heavy (non-hydrogen) atoms. The minimum atomic E-state index is -4.30. The summed E-state index contributed by atoms with van der Waals surface area (Å²) in [5, 5.41) is 9.83. The van der Waals surface area contributed by atoms with Gasteiger partial charge in [-0.25, -0.2) is 4.79 Å². The van der Waals surface area contributed by atoms with E-state index in [1.165, 1.54) is 20.2 Å². The summed E-state index contributed by atoms with van der Waals surface area (Å²) in [5.74, 6) is -0.454. The quantitative estimate of drug-likeness (QED) is 0.624. The monoisotopic (exact) mass is 445 g/mol. The minimum absolute atomic E-state index is 0.0777. The van der Waals surface area contributed by atoms with Crippen molar-refractivity contribution in [1.29, 1.82) is 0 Å². The van der Waals surface area contributed by atoms with Crippen LogP contribution in [0, 0.1) is 0 Å². The summed E-state index contributed by atoms with van der Waals surface area (Å²) in [4.78, 5) is 25.8. The lowest BCUT2D eigenvalue weighted by Gasteiger charge is -2.16. The van der Waals surface area contributed by atoms with Crippen LogP contribution in [-0.2, 0) is 19.6 Å². The first-order valence-corrected chi connectivity index (χ1v) is 10.2. The zero-order valence-electron chi connectivity index (χ0n) is 17.4. The third kappa shape index (κ3) is 4.28. The molecule has 0 bridgehead atoms. The van der Waals surface area contributed by atoms with Crippen molar-refractivity contribution in [1.82, 2.24) is 14.0 Å². The van der Waals surface area contributed by atoms with Crippen LogP contribution in [0.1, 0.15) is 34.8 Å². The zero-order valence-corrected chi connectivity index (χ0v) is 17.4. The van der Waals surface area contributed by atoms with Gasteiger partial charge < -0.3 is 10.0 Å². The van der Waals surface area contributed by atoms with Crippen LogP contribution in [0.25, 0.3) is 11.1 Å². The molecule has 6 nitrogen and oxygen atoms in total. The van der Waals surface area contributed by atoms with Crippen LogP contribution < -0.4 is 5.69 Å². The molecule has 2 aromatic carbocycles. The third-order valence-corrected chi connectivity index (χ3v) is 5.63. The average Bonchev–Trinajstić information content (AvgIpc) is 3.21. The van der Waals surface area contributed by atoms with Gasteiger partial charge in [0.25, 0.3) is 5.91 Å². The minimum Gasteiger partial charge on any atom is -0.493 e. The topological polar surface area (TPSA) is 67.5 Å². The number of hydrogen-bond acceptors (Lipinski definition) is 3. The SMILES string of the molecule is CCn1c(O)cn(Cc2ccc(-c3ccc4c(c3)CN(CCC(F)(F)F)C4=O)cc2)c1=O. The number of nitrogens with zero attached hydrogens (tertiary/aromatic N) is 3. The molecule has 0 fully saturated rings. The second kappa shape index (κ2) is 8.22. The first-order valence-electron chi connectivity index (χ1n) is 10.2. The molecule has 1 aliphatic heterocycles. The van der Waals surface area contributed by atoms with Crippen LogP contribution in [0.15, 0.2) is 53.5 Å². The predicted octanol–water partition coefficient (Wildman–Crippen LogP) is 4.00. The number of hydrogen-bond donors (Lipinski definition) is 1.